The second kappa shape index (κ2) is 39.9. The minimum atomic E-state index is -5.35. The van der Waals surface area contributed by atoms with E-state index in [1.807, 2.05) is 18.2 Å². The molecule has 0 amide bonds. The predicted molar refractivity (Wildman–Crippen MR) is 240 cm³/mol. The molecule has 10 heteroatoms. The van der Waals surface area contributed by atoms with E-state index in [9.17, 15) is 19.0 Å². The number of phosphoric ester groups is 1. The van der Waals surface area contributed by atoms with Gasteiger partial charge in [0.1, 0.15) is 19.8 Å². The molecule has 0 bridgehead atoms. The lowest BCUT2D eigenvalue weighted by atomic mass is 10.0. The molecule has 9 nitrogen and oxygen atoms in total. The maximum atomic E-state index is 12.8. The zero-order valence-electron chi connectivity index (χ0n) is 45.0. The van der Waals surface area contributed by atoms with E-state index in [0.717, 1.165) is 57.8 Å². The lowest BCUT2D eigenvalue weighted by molar-refractivity contribution is -0.870. The van der Waals surface area contributed by atoms with E-state index in [1.165, 1.54) is 64.2 Å². The zero-order chi connectivity index (χ0) is 50.3. The standard InChI is InChI=1S/C48H84NO8P/c1-6-8-10-12-14-16-18-20-22-23-24-25-27-28-30-32-34-36-38-40-47(50)54-44-46(45-56-58(52,53)55-43-42-49(3,4)5)57-48(51)41-39-37-35-33-31-29-26-21-19-17-15-13-11-9-7-2/h8,10,14,16,20,22,24-25,28,30,34,36,46H,6-7,9,11-13,15,17-19,21,23,26-27,29,31-33,35,37-45H2,1-5H3/b10-8-,16-14-,22-20-,25-24-,30-28-,36-34-/t46-/m1/s1/i3D3,4D3,5D3. The van der Waals surface area contributed by atoms with Crippen LogP contribution < -0.4 is 4.89 Å². The van der Waals surface area contributed by atoms with Crippen LogP contribution in [0.25, 0.3) is 0 Å². The number of hydrogen-bond acceptors (Lipinski definition) is 8. The number of ether oxygens (including phenoxy) is 2. The zero-order valence-corrected chi connectivity index (χ0v) is 36.9. The van der Waals surface area contributed by atoms with E-state index in [1.54, 1.807) is 0 Å². The molecular formula is C48H84NO8P. The van der Waals surface area contributed by atoms with Crippen LogP contribution >= 0.6 is 7.82 Å². The highest BCUT2D eigenvalue weighted by atomic mass is 31.2. The number of hydrogen-bond donors (Lipinski definition) is 0. The molecule has 0 aromatic rings. The number of quaternary nitrogens is 1. The van der Waals surface area contributed by atoms with Crippen molar-refractivity contribution in [3.05, 3.63) is 72.9 Å². The van der Waals surface area contributed by atoms with Gasteiger partial charge in [-0.2, -0.15) is 0 Å². The minimum absolute atomic E-state index is 0.00243. The topological polar surface area (TPSA) is 111 Å². The third-order valence-corrected chi connectivity index (χ3v) is 9.88. The van der Waals surface area contributed by atoms with Gasteiger partial charge in [0.05, 0.1) is 39.9 Å². The van der Waals surface area contributed by atoms with Crippen molar-refractivity contribution in [2.75, 3.05) is 47.3 Å². The van der Waals surface area contributed by atoms with Crippen LogP contribution in [0.2, 0.25) is 0 Å². The number of phosphoric acid groups is 1. The summed E-state index contributed by atoms with van der Waals surface area (Å²) in [6.45, 7) is -10.3. The van der Waals surface area contributed by atoms with Crippen LogP contribution in [-0.2, 0) is 32.7 Å². The van der Waals surface area contributed by atoms with Crippen LogP contribution in [0.1, 0.15) is 180 Å². The number of carbonyl (C=O) groups is 2. The van der Waals surface area contributed by atoms with E-state index in [4.69, 9.17) is 30.9 Å². The van der Waals surface area contributed by atoms with Crippen LogP contribution in [-0.4, -0.2) is 69.8 Å². The summed E-state index contributed by atoms with van der Waals surface area (Å²) in [4.78, 5) is 38.1. The molecule has 0 rings (SSSR count). The first-order valence-electron chi connectivity index (χ1n) is 26.5. The first-order chi connectivity index (χ1) is 31.7. The van der Waals surface area contributed by atoms with Gasteiger partial charge in [0.25, 0.3) is 7.82 Å². The molecule has 0 aromatic carbocycles. The molecular weight excluding hydrogens is 750 g/mol. The average Bonchev–Trinajstić information content (AvgIpc) is 3.24. The number of allylic oxidation sites excluding steroid dienone is 12. The first kappa shape index (κ1) is 40.8. The summed E-state index contributed by atoms with van der Waals surface area (Å²) >= 11 is 0. The second-order valence-electron chi connectivity index (χ2n) is 14.6. The Labute approximate surface area is 367 Å². The molecule has 2 atom stereocenters. The largest absolute Gasteiger partial charge is 0.756 e. The van der Waals surface area contributed by atoms with Crippen LogP contribution in [0.15, 0.2) is 72.9 Å². The molecule has 1 unspecified atom stereocenters. The van der Waals surface area contributed by atoms with Crippen molar-refractivity contribution >= 4 is 19.8 Å². The monoisotopic (exact) mass is 843 g/mol. The van der Waals surface area contributed by atoms with Gasteiger partial charge in [-0.05, 0) is 51.4 Å². The maximum absolute atomic E-state index is 12.8. The van der Waals surface area contributed by atoms with Crippen LogP contribution in [0.5, 0.6) is 0 Å². The fraction of sp³-hybridized carbons (Fsp3) is 0.708. The van der Waals surface area contributed by atoms with Gasteiger partial charge < -0.3 is 27.9 Å². The van der Waals surface area contributed by atoms with Gasteiger partial charge in [0.15, 0.2) is 6.10 Å². The Morgan fingerprint density at radius 3 is 1.50 bits per heavy atom. The molecule has 0 aromatic heterocycles. The molecule has 0 spiro atoms. The Morgan fingerprint density at radius 2 is 1.03 bits per heavy atom. The third kappa shape index (κ3) is 43.0. The molecule has 0 radical (unpaired) electrons. The van der Waals surface area contributed by atoms with Crippen molar-refractivity contribution in [1.29, 1.82) is 0 Å². The van der Waals surface area contributed by atoms with Gasteiger partial charge in [-0.1, -0.05) is 177 Å². The first-order valence-corrected chi connectivity index (χ1v) is 23.4. The Balaban J connectivity index is 5.04. The fourth-order valence-electron chi connectivity index (χ4n) is 5.60. The van der Waals surface area contributed by atoms with Crippen LogP contribution in [0, 0.1) is 0 Å². The third-order valence-electron chi connectivity index (χ3n) is 8.92. The quantitative estimate of drug-likeness (QED) is 0.0197. The summed E-state index contributed by atoms with van der Waals surface area (Å²) < 4.78 is 99.9. The summed E-state index contributed by atoms with van der Waals surface area (Å²) in [6, 6.07) is 0. The highest BCUT2D eigenvalue weighted by molar-refractivity contribution is 7.45. The van der Waals surface area contributed by atoms with Crippen LogP contribution in [0.4, 0.5) is 0 Å². The van der Waals surface area contributed by atoms with Gasteiger partial charge in [-0.25, -0.2) is 0 Å². The SMILES string of the molecule is [2H]C([2H])([2H])[N+](CCOP(=O)([O-])OC[C@@H](COC(=O)CC/C=C\C/C=C\C/C=C\C/C=C\C/C=C\C/C=C\CC)OC(=O)CCCCCCCCCCCCCCCCC)(C([2H])([2H])[2H])C([2H])([2H])[2H]. The van der Waals surface area contributed by atoms with Crippen molar-refractivity contribution in [2.24, 2.45) is 0 Å². The number of esters is 2. The molecule has 0 saturated heterocycles. The fourth-order valence-corrected chi connectivity index (χ4v) is 6.33. The highest BCUT2D eigenvalue weighted by Crippen LogP contribution is 2.38. The minimum Gasteiger partial charge on any atom is -0.756 e. The number of rotatable bonds is 40. The molecule has 58 heavy (non-hydrogen) atoms. The van der Waals surface area contributed by atoms with E-state index < -0.39 is 77.6 Å². The molecule has 0 fully saturated rings. The van der Waals surface area contributed by atoms with Crippen molar-refractivity contribution in [3.8, 4) is 0 Å². The van der Waals surface area contributed by atoms with E-state index >= 15 is 0 Å². The number of likely N-dealkylation sites (N-methyl/N-ethyl adjacent to an activating group) is 1. The molecule has 0 aliphatic rings. The highest BCUT2D eigenvalue weighted by Gasteiger charge is 2.21. The molecule has 0 aliphatic heterocycles. The Bertz CT molecular complexity index is 1490. The van der Waals surface area contributed by atoms with E-state index in [-0.39, 0.29) is 12.8 Å². The van der Waals surface area contributed by atoms with Crippen molar-refractivity contribution in [2.45, 2.75) is 174 Å². The lowest BCUT2D eigenvalue weighted by Gasteiger charge is -2.28. The average molecular weight is 843 g/mol. The molecule has 334 valence electrons. The second-order valence-corrected chi connectivity index (χ2v) is 16.0. The van der Waals surface area contributed by atoms with E-state index in [2.05, 4.69) is 68.5 Å². The summed E-state index contributed by atoms with van der Waals surface area (Å²) in [6.07, 6.45) is 46.6. The lowest BCUT2D eigenvalue weighted by Crippen LogP contribution is -2.37. The van der Waals surface area contributed by atoms with Crippen LogP contribution in [0.3, 0.4) is 0 Å². The van der Waals surface area contributed by atoms with Crippen molar-refractivity contribution < 1.29 is 54.4 Å². The summed E-state index contributed by atoms with van der Waals surface area (Å²) in [5, 5.41) is 0. The van der Waals surface area contributed by atoms with Gasteiger partial charge in [-0.15, -0.1) is 0 Å². The molecule has 0 saturated carbocycles. The van der Waals surface area contributed by atoms with Gasteiger partial charge >= 0.3 is 11.9 Å². The Morgan fingerprint density at radius 1 is 0.586 bits per heavy atom. The Hall–Kier alpha value is -2.55. The Kier molecular flexibility index (Phi) is 28.1. The normalized spacial score (nSPS) is 17.2. The number of unbranched alkanes of at least 4 members (excludes halogenated alkanes) is 14. The smallest absolute Gasteiger partial charge is 0.306 e. The number of nitrogens with zero attached hydrogens (tertiary/aromatic N) is 1. The predicted octanol–water partition coefficient (Wildman–Crippen LogP) is 12.4. The van der Waals surface area contributed by atoms with Gasteiger partial charge in [0, 0.05) is 12.8 Å². The molecule has 0 heterocycles. The van der Waals surface area contributed by atoms with E-state index in [0.29, 0.717) is 19.3 Å². The summed E-state index contributed by atoms with van der Waals surface area (Å²) in [5.74, 6) is -1.29. The summed E-state index contributed by atoms with van der Waals surface area (Å²) in [7, 11) is -5.35. The summed E-state index contributed by atoms with van der Waals surface area (Å²) in [5.41, 5.74) is 0. The molecule has 0 N–H and O–H groups in total. The van der Waals surface area contributed by atoms with Crippen molar-refractivity contribution in [1.82, 2.24) is 0 Å². The number of carbonyl (C=O) groups excluding carboxylic acids is 2. The molecule has 0 aliphatic carbocycles. The van der Waals surface area contributed by atoms with Gasteiger partial charge in [-0.3, -0.25) is 14.2 Å². The van der Waals surface area contributed by atoms with Crippen molar-refractivity contribution in [3.63, 3.8) is 0 Å². The van der Waals surface area contributed by atoms with Gasteiger partial charge in [0.2, 0.25) is 0 Å². The maximum Gasteiger partial charge on any atom is 0.306 e.